The van der Waals surface area contributed by atoms with Crippen LogP contribution in [0.2, 0.25) is 0 Å². The van der Waals surface area contributed by atoms with Crippen LogP contribution in [0.5, 0.6) is 0 Å². The van der Waals surface area contributed by atoms with Crippen molar-refractivity contribution in [2.45, 2.75) is 32.6 Å². The molecular weight excluding hydrogens is 135 g/mol. The fourth-order valence-corrected chi connectivity index (χ4v) is 1.48. The lowest BCUT2D eigenvalue weighted by molar-refractivity contribution is 0.707. The van der Waals surface area contributed by atoms with Crippen LogP contribution < -0.4 is 0 Å². The van der Waals surface area contributed by atoms with E-state index in [0.717, 1.165) is 0 Å². The van der Waals surface area contributed by atoms with Gasteiger partial charge >= 0.3 is 0 Å². The summed E-state index contributed by atoms with van der Waals surface area (Å²) in [4.78, 5) is 0. The summed E-state index contributed by atoms with van der Waals surface area (Å²) in [5.74, 6) is 1.31. The first kappa shape index (κ1) is 8.78. The van der Waals surface area contributed by atoms with E-state index in [1.54, 1.807) is 0 Å². The first-order valence-corrected chi connectivity index (χ1v) is 5.69. The molecule has 0 saturated heterocycles. The van der Waals surface area contributed by atoms with Gasteiger partial charge in [-0.25, -0.2) is 0 Å². The van der Waals surface area contributed by atoms with Crippen LogP contribution in [0.25, 0.3) is 0 Å². The van der Waals surface area contributed by atoms with Crippen LogP contribution in [-0.4, -0.2) is 5.75 Å². The second kappa shape index (κ2) is 7.78. The summed E-state index contributed by atoms with van der Waals surface area (Å²) < 4.78 is 0. The Morgan fingerprint density at radius 3 is 2.50 bits per heavy atom. The van der Waals surface area contributed by atoms with E-state index in [1.807, 2.05) is 11.4 Å². The molecule has 0 aromatic carbocycles. The van der Waals surface area contributed by atoms with E-state index in [2.05, 4.69) is 15.4 Å². The molecule has 1 atom stereocenters. The first-order chi connectivity index (χ1) is 3.91. The van der Waals surface area contributed by atoms with Crippen molar-refractivity contribution < 1.29 is 0 Å². The third kappa shape index (κ3) is 6.78. The summed E-state index contributed by atoms with van der Waals surface area (Å²) in [6, 6.07) is 0. The van der Waals surface area contributed by atoms with Crippen LogP contribution in [0.4, 0.5) is 0 Å². The third-order valence-corrected chi connectivity index (χ3v) is 2.35. The Labute approximate surface area is 58.8 Å². The van der Waals surface area contributed by atoms with Crippen LogP contribution in [0.1, 0.15) is 32.6 Å². The summed E-state index contributed by atoms with van der Waals surface area (Å²) in [5.41, 5.74) is 0. The molecule has 50 valence electrons. The Hall–Kier alpha value is 0.780. The van der Waals surface area contributed by atoms with Gasteiger partial charge in [-0.15, -0.1) is 11.4 Å². The van der Waals surface area contributed by atoms with Crippen LogP contribution in [0.3, 0.4) is 0 Å². The Kier molecular flexibility index (Phi) is 8.54. The minimum atomic E-state index is 1.31. The Balaban J connectivity index is 2.53. The van der Waals surface area contributed by atoms with Crippen LogP contribution in [-0.2, 0) is 0 Å². The summed E-state index contributed by atoms with van der Waals surface area (Å²) in [6.45, 7) is 2.24. The molecule has 0 aromatic rings. The smallest absolute Gasteiger partial charge is 0.00310 e. The molecule has 8 heavy (non-hydrogen) atoms. The molecule has 0 aliphatic heterocycles. The SMILES string of the molecule is CCCCCCSP. The van der Waals surface area contributed by atoms with Crippen molar-refractivity contribution in [3.05, 3.63) is 0 Å². The van der Waals surface area contributed by atoms with Crippen molar-refractivity contribution in [2.75, 3.05) is 5.75 Å². The molecular formula is C6H15PS. The number of rotatable bonds is 5. The zero-order valence-corrected chi connectivity index (χ0v) is 7.49. The molecule has 0 radical (unpaired) electrons. The summed E-state index contributed by atoms with van der Waals surface area (Å²) >= 11 is 1.87. The molecule has 0 heterocycles. The topological polar surface area (TPSA) is 0 Å². The van der Waals surface area contributed by atoms with Gasteiger partial charge in [0.25, 0.3) is 0 Å². The quantitative estimate of drug-likeness (QED) is 0.428. The van der Waals surface area contributed by atoms with Crippen LogP contribution >= 0.6 is 19.8 Å². The fourth-order valence-electron chi connectivity index (χ4n) is 0.612. The lowest BCUT2D eigenvalue weighted by atomic mass is 10.2. The average molecular weight is 150 g/mol. The van der Waals surface area contributed by atoms with E-state index in [9.17, 15) is 0 Å². The number of unbranched alkanes of at least 4 members (excludes halogenated alkanes) is 3. The van der Waals surface area contributed by atoms with Crippen molar-refractivity contribution >= 4 is 19.8 Å². The lowest BCUT2D eigenvalue weighted by Crippen LogP contribution is -1.76. The molecule has 0 bridgehead atoms. The highest BCUT2D eigenvalue weighted by Gasteiger charge is 1.83. The summed E-state index contributed by atoms with van der Waals surface area (Å²) in [7, 11) is 2.68. The molecule has 0 aliphatic rings. The Bertz CT molecular complexity index is 33.5. The van der Waals surface area contributed by atoms with Crippen molar-refractivity contribution in [3.63, 3.8) is 0 Å². The van der Waals surface area contributed by atoms with Crippen molar-refractivity contribution in [1.82, 2.24) is 0 Å². The van der Waals surface area contributed by atoms with Gasteiger partial charge in [0, 0.05) is 0 Å². The van der Waals surface area contributed by atoms with E-state index in [0.29, 0.717) is 0 Å². The van der Waals surface area contributed by atoms with Crippen LogP contribution in [0.15, 0.2) is 0 Å². The van der Waals surface area contributed by atoms with Gasteiger partial charge in [-0.1, -0.05) is 34.6 Å². The highest BCUT2D eigenvalue weighted by Crippen LogP contribution is 2.13. The lowest BCUT2D eigenvalue weighted by Gasteiger charge is -1.93. The van der Waals surface area contributed by atoms with E-state index in [-0.39, 0.29) is 0 Å². The largest absolute Gasteiger partial charge is 0.141 e. The van der Waals surface area contributed by atoms with Gasteiger partial charge in [0.1, 0.15) is 0 Å². The molecule has 0 saturated carbocycles. The van der Waals surface area contributed by atoms with Gasteiger partial charge in [-0.2, -0.15) is 0 Å². The summed E-state index contributed by atoms with van der Waals surface area (Å²) in [5, 5.41) is 0. The molecule has 0 fully saturated rings. The normalized spacial score (nSPS) is 9.75. The van der Waals surface area contributed by atoms with E-state index in [4.69, 9.17) is 0 Å². The molecule has 0 N–H and O–H groups in total. The van der Waals surface area contributed by atoms with Crippen molar-refractivity contribution in [2.24, 2.45) is 0 Å². The first-order valence-electron chi connectivity index (χ1n) is 3.23. The molecule has 0 rings (SSSR count). The molecule has 1 unspecified atom stereocenters. The van der Waals surface area contributed by atoms with Gasteiger partial charge in [0.15, 0.2) is 0 Å². The monoisotopic (exact) mass is 150 g/mol. The Morgan fingerprint density at radius 1 is 1.25 bits per heavy atom. The van der Waals surface area contributed by atoms with E-state index >= 15 is 0 Å². The molecule has 0 aromatic heterocycles. The maximum Gasteiger partial charge on any atom is -0.00310 e. The molecule has 0 nitrogen and oxygen atoms in total. The average Bonchev–Trinajstić information content (AvgIpc) is 1.81. The predicted octanol–water partition coefficient (Wildman–Crippen LogP) is 3.09. The Morgan fingerprint density at radius 2 is 2.00 bits per heavy atom. The molecule has 2 heteroatoms. The fraction of sp³-hybridized carbons (Fsp3) is 1.00. The van der Waals surface area contributed by atoms with Crippen LogP contribution in [0, 0.1) is 0 Å². The molecule has 0 spiro atoms. The van der Waals surface area contributed by atoms with Gasteiger partial charge in [0.05, 0.1) is 0 Å². The van der Waals surface area contributed by atoms with Gasteiger partial charge in [-0.05, 0) is 12.2 Å². The van der Waals surface area contributed by atoms with Gasteiger partial charge in [-0.3, -0.25) is 0 Å². The molecule has 0 aliphatic carbocycles. The minimum absolute atomic E-state index is 1.31. The third-order valence-electron chi connectivity index (χ3n) is 1.12. The van der Waals surface area contributed by atoms with E-state index in [1.165, 1.54) is 31.4 Å². The van der Waals surface area contributed by atoms with Crippen molar-refractivity contribution in [3.8, 4) is 0 Å². The second-order valence-corrected chi connectivity index (χ2v) is 3.67. The zero-order chi connectivity index (χ0) is 6.24. The number of hydrogen-bond donors (Lipinski definition) is 0. The predicted molar refractivity (Wildman–Crippen MR) is 46.3 cm³/mol. The highest BCUT2D eigenvalue weighted by atomic mass is 32.7. The maximum atomic E-state index is 2.68. The number of hydrogen-bond acceptors (Lipinski definition) is 1. The minimum Gasteiger partial charge on any atom is -0.141 e. The second-order valence-electron chi connectivity index (χ2n) is 1.93. The van der Waals surface area contributed by atoms with E-state index < -0.39 is 0 Å². The molecule has 0 amide bonds. The van der Waals surface area contributed by atoms with Crippen molar-refractivity contribution in [1.29, 1.82) is 0 Å². The summed E-state index contributed by atoms with van der Waals surface area (Å²) in [6.07, 6.45) is 5.56. The maximum absolute atomic E-state index is 2.68. The standard InChI is InChI=1S/C6H15PS/c1-2-3-4-5-6-8-7/h2-7H2,1H3. The van der Waals surface area contributed by atoms with Gasteiger partial charge in [0.2, 0.25) is 0 Å². The van der Waals surface area contributed by atoms with Gasteiger partial charge < -0.3 is 0 Å². The highest BCUT2D eigenvalue weighted by molar-refractivity contribution is 8.43. The zero-order valence-electron chi connectivity index (χ0n) is 5.52.